The van der Waals surface area contributed by atoms with E-state index in [2.05, 4.69) is 5.10 Å². The Morgan fingerprint density at radius 2 is 1.74 bits per heavy atom. The van der Waals surface area contributed by atoms with Crippen LogP contribution in [0.1, 0.15) is 5.69 Å². The molecule has 0 aliphatic rings. The van der Waals surface area contributed by atoms with Crippen LogP contribution in [0.2, 0.25) is 5.02 Å². The molecular formula is C14H11ClN2O2. The molecule has 19 heavy (non-hydrogen) atoms. The number of hydrogen-bond acceptors (Lipinski definition) is 3. The molecule has 0 aliphatic carbocycles. The molecule has 1 heterocycles. The minimum Gasteiger partial charge on any atom is -0.508 e. The van der Waals surface area contributed by atoms with Crippen LogP contribution in [0.3, 0.4) is 0 Å². The Balaban J connectivity index is 2.28. The third-order valence-corrected chi connectivity index (χ3v) is 3.36. The second-order valence-electron chi connectivity index (χ2n) is 4.33. The Kier molecular flexibility index (Phi) is 2.61. The number of aromatic nitrogens is 2. The molecule has 1 aromatic heterocycles. The van der Waals surface area contributed by atoms with E-state index in [4.69, 9.17) is 11.6 Å². The van der Waals surface area contributed by atoms with Gasteiger partial charge in [0, 0.05) is 17.1 Å². The van der Waals surface area contributed by atoms with E-state index in [1.54, 1.807) is 35.0 Å². The average Bonchev–Trinajstić information content (AvgIpc) is 2.67. The monoisotopic (exact) mass is 274 g/mol. The van der Waals surface area contributed by atoms with Crippen molar-refractivity contribution in [2.24, 2.45) is 0 Å². The first-order chi connectivity index (χ1) is 9.06. The zero-order valence-electron chi connectivity index (χ0n) is 10.1. The van der Waals surface area contributed by atoms with Gasteiger partial charge in [-0.2, -0.15) is 5.10 Å². The highest BCUT2D eigenvalue weighted by atomic mass is 35.5. The number of aryl methyl sites for hydroxylation is 1. The molecule has 96 valence electrons. The topological polar surface area (TPSA) is 58.3 Å². The minimum atomic E-state index is 0.112. The highest BCUT2D eigenvalue weighted by Crippen LogP contribution is 2.29. The predicted octanol–water partition coefficient (Wildman–Crippen LogP) is 3.40. The van der Waals surface area contributed by atoms with Gasteiger partial charge in [-0.3, -0.25) is 0 Å². The fourth-order valence-electron chi connectivity index (χ4n) is 2.10. The normalized spacial score (nSPS) is 11.1. The van der Waals surface area contributed by atoms with E-state index in [1.807, 2.05) is 6.92 Å². The number of halogens is 1. The van der Waals surface area contributed by atoms with Gasteiger partial charge in [0.25, 0.3) is 0 Å². The summed E-state index contributed by atoms with van der Waals surface area (Å²) < 4.78 is 1.70. The van der Waals surface area contributed by atoms with Crippen LogP contribution in [0.15, 0.2) is 36.4 Å². The number of phenolic OH excluding ortho intramolecular Hbond substituents is 2. The Labute approximate surface area is 114 Å². The van der Waals surface area contributed by atoms with Crippen LogP contribution in [-0.4, -0.2) is 20.0 Å². The van der Waals surface area contributed by atoms with Crippen LogP contribution < -0.4 is 0 Å². The van der Waals surface area contributed by atoms with E-state index in [-0.39, 0.29) is 11.5 Å². The maximum Gasteiger partial charge on any atom is 0.117 e. The molecule has 3 rings (SSSR count). The molecule has 5 heteroatoms. The Bertz CT molecular complexity index is 780. The van der Waals surface area contributed by atoms with Gasteiger partial charge in [0.05, 0.1) is 16.2 Å². The molecule has 0 amide bonds. The van der Waals surface area contributed by atoms with E-state index in [9.17, 15) is 10.2 Å². The Morgan fingerprint density at radius 3 is 2.47 bits per heavy atom. The van der Waals surface area contributed by atoms with E-state index < -0.39 is 0 Å². The van der Waals surface area contributed by atoms with Crippen molar-refractivity contribution in [3.8, 4) is 17.2 Å². The molecule has 0 atom stereocenters. The fraction of sp³-hybridized carbons (Fsp3) is 0.0714. The second kappa shape index (κ2) is 4.17. The lowest BCUT2D eigenvalue weighted by molar-refractivity contribution is 0.475. The minimum absolute atomic E-state index is 0.112. The van der Waals surface area contributed by atoms with Gasteiger partial charge < -0.3 is 10.2 Å². The lowest BCUT2D eigenvalue weighted by Crippen LogP contribution is -1.99. The summed E-state index contributed by atoms with van der Waals surface area (Å²) in [5.74, 6) is 0.313. The van der Waals surface area contributed by atoms with Gasteiger partial charge in [-0.15, -0.1) is 0 Å². The van der Waals surface area contributed by atoms with Crippen LogP contribution in [0.5, 0.6) is 11.5 Å². The number of fused-ring (bicyclic) bond motifs is 1. The summed E-state index contributed by atoms with van der Waals surface area (Å²) in [6.45, 7) is 1.90. The summed E-state index contributed by atoms with van der Waals surface area (Å²) in [5.41, 5.74) is 2.34. The van der Waals surface area contributed by atoms with Crippen LogP contribution in [-0.2, 0) is 0 Å². The summed E-state index contributed by atoms with van der Waals surface area (Å²) in [6.07, 6.45) is 0. The first kappa shape index (κ1) is 11.9. The van der Waals surface area contributed by atoms with E-state index in [0.29, 0.717) is 10.7 Å². The molecule has 0 spiro atoms. The molecule has 0 fully saturated rings. The summed E-state index contributed by atoms with van der Waals surface area (Å²) >= 11 is 6.12. The first-order valence-corrected chi connectivity index (χ1v) is 6.11. The van der Waals surface area contributed by atoms with Crippen LogP contribution in [0.4, 0.5) is 0 Å². The van der Waals surface area contributed by atoms with Gasteiger partial charge in [0.15, 0.2) is 0 Å². The zero-order valence-corrected chi connectivity index (χ0v) is 10.9. The molecule has 0 bridgehead atoms. The van der Waals surface area contributed by atoms with Gasteiger partial charge in [-0.1, -0.05) is 11.6 Å². The number of hydrogen-bond donors (Lipinski definition) is 2. The van der Waals surface area contributed by atoms with Crippen LogP contribution in [0.25, 0.3) is 16.6 Å². The number of benzene rings is 2. The van der Waals surface area contributed by atoms with Gasteiger partial charge in [-0.25, -0.2) is 4.68 Å². The van der Waals surface area contributed by atoms with Crippen molar-refractivity contribution in [2.75, 3.05) is 0 Å². The maximum absolute atomic E-state index is 9.53. The molecule has 4 nitrogen and oxygen atoms in total. The molecule has 2 N–H and O–H groups in total. The van der Waals surface area contributed by atoms with Crippen molar-refractivity contribution in [1.29, 1.82) is 0 Å². The SMILES string of the molecule is Cc1c2cc(O)ccc2nn1-c1ccc(O)cc1Cl. The van der Waals surface area contributed by atoms with Crippen molar-refractivity contribution in [1.82, 2.24) is 9.78 Å². The van der Waals surface area contributed by atoms with E-state index in [1.165, 1.54) is 6.07 Å². The largest absolute Gasteiger partial charge is 0.508 e. The molecule has 3 aromatic rings. The average molecular weight is 275 g/mol. The van der Waals surface area contributed by atoms with Crippen molar-refractivity contribution < 1.29 is 10.2 Å². The van der Waals surface area contributed by atoms with E-state index >= 15 is 0 Å². The Morgan fingerprint density at radius 1 is 1.05 bits per heavy atom. The third-order valence-electron chi connectivity index (χ3n) is 3.05. The molecule has 0 saturated heterocycles. The summed E-state index contributed by atoms with van der Waals surface area (Å²) in [4.78, 5) is 0. The fourth-order valence-corrected chi connectivity index (χ4v) is 2.35. The van der Waals surface area contributed by atoms with Crippen LogP contribution in [0, 0.1) is 6.92 Å². The third kappa shape index (κ3) is 1.90. The number of phenols is 2. The highest BCUT2D eigenvalue weighted by Gasteiger charge is 2.12. The maximum atomic E-state index is 9.53. The number of rotatable bonds is 1. The van der Waals surface area contributed by atoms with Gasteiger partial charge >= 0.3 is 0 Å². The second-order valence-corrected chi connectivity index (χ2v) is 4.74. The molecule has 0 radical (unpaired) electrons. The quantitative estimate of drug-likeness (QED) is 0.715. The lowest BCUT2D eigenvalue weighted by Gasteiger charge is -2.06. The molecule has 2 aromatic carbocycles. The van der Waals surface area contributed by atoms with Crippen LogP contribution >= 0.6 is 11.6 Å². The van der Waals surface area contributed by atoms with Crippen molar-refractivity contribution >= 4 is 22.5 Å². The summed E-state index contributed by atoms with van der Waals surface area (Å²) in [6, 6.07) is 9.75. The first-order valence-electron chi connectivity index (χ1n) is 5.73. The standard InChI is InChI=1S/C14H11ClN2O2/c1-8-11-6-9(18)2-4-13(11)16-17(8)14-5-3-10(19)7-12(14)15/h2-7,18-19H,1H3. The van der Waals surface area contributed by atoms with Gasteiger partial charge in [0.2, 0.25) is 0 Å². The summed E-state index contributed by atoms with van der Waals surface area (Å²) in [7, 11) is 0. The van der Waals surface area contributed by atoms with Crippen molar-refractivity contribution in [3.05, 3.63) is 47.1 Å². The smallest absolute Gasteiger partial charge is 0.117 e. The molecule has 0 aliphatic heterocycles. The van der Waals surface area contributed by atoms with Gasteiger partial charge in [-0.05, 0) is 37.3 Å². The van der Waals surface area contributed by atoms with Gasteiger partial charge in [0.1, 0.15) is 11.5 Å². The highest BCUT2D eigenvalue weighted by molar-refractivity contribution is 6.32. The molecule has 0 saturated carbocycles. The lowest BCUT2D eigenvalue weighted by atomic mass is 10.2. The predicted molar refractivity (Wildman–Crippen MR) is 74.1 cm³/mol. The van der Waals surface area contributed by atoms with Crippen molar-refractivity contribution in [3.63, 3.8) is 0 Å². The van der Waals surface area contributed by atoms with Crippen molar-refractivity contribution in [2.45, 2.75) is 6.92 Å². The molecular weight excluding hydrogens is 264 g/mol. The number of aromatic hydroxyl groups is 2. The Hall–Kier alpha value is -2.20. The number of nitrogens with zero attached hydrogens (tertiary/aromatic N) is 2. The zero-order chi connectivity index (χ0) is 13.6. The molecule has 0 unspecified atom stereocenters. The summed E-state index contributed by atoms with van der Waals surface area (Å²) in [5, 5.41) is 24.6. The van der Waals surface area contributed by atoms with E-state index in [0.717, 1.165) is 16.6 Å².